The van der Waals surface area contributed by atoms with Gasteiger partial charge in [-0.25, -0.2) is 0 Å². The van der Waals surface area contributed by atoms with Gasteiger partial charge in [0, 0.05) is 19.1 Å². The number of rotatable bonds is 6. The lowest BCUT2D eigenvalue weighted by atomic mass is 10.3. The van der Waals surface area contributed by atoms with Crippen molar-refractivity contribution in [3.63, 3.8) is 0 Å². The van der Waals surface area contributed by atoms with Crippen LogP contribution in [-0.4, -0.2) is 50.3 Å². The van der Waals surface area contributed by atoms with Gasteiger partial charge in [0.05, 0.1) is 13.2 Å². The highest BCUT2D eigenvalue weighted by molar-refractivity contribution is 4.80. The quantitative estimate of drug-likeness (QED) is 0.506. The summed E-state index contributed by atoms with van der Waals surface area (Å²) in [5.74, 6) is 0. The molecule has 1 aliphatic rings. The van der Waals surface area contributed by atoms with Crippen molar-refractivity contribution in [2.45, 2.75) is 19.4 Å². The number of nitrogens with one attached hydrogen (secondary N) is 1. The molecule has 0 aliphatic carbocycles. The summed E-state index contributed by atoms with van der Waals surface area (Å²) in [6, 6.07) is 0.430. The van der Waals surface area contributed by atoms with Crippen LogP contribution in [0.5, 0.6) is 0 Å². The van der Waals surface area contributed by atoms with E-state index in [4.69, 9.17) is 4.74 Å². The summed E-state index contributed by atoms with van der Waals surface area (Å²) >= 11 is 0. The smallest absolute Gasteiger partial charge is 0.0594 e. The normalized spacial score (nSPS) is 20.6. The fourth-order valence-electron chi connectivity index (χ4n) is 1.54. The van der Waals surface area contributed by atoms with Crippen molar-refractivity contribution in [1.82, 2.24) is 10.2 Å². The molecule has 1 heterocycles. The molecule has 1 N–H and O–H groups in total. The van der Waals surface area contributed by atoms with Gasteiger partial charge in [-0.3, -0.25) is 4.90 Å². The Hall–Kier alpha value is -0.380. The summed E-state index contributed by atoms with van der Waals surface area (Å²) in [5, 5.41) is 3.40. The van der Waals surface area contributed by atoms with Gasteiger partial charge in [0.2, 0.25) is 0 Å². The van der Waals surface area contributed by atoms with Gasteiger partial charge in [0.25, 0.3) is 0 Å². The van der Waals surface area contributed by atoms with Crippen LogP contribution in [0.15, 0.2) is 12.7 Å². The molecule has 0 aromatic rings. The van der Waals surface area contributed by atoms with Gasteiger partial charge in [-0.05, 0) is 26.4 Å². The van der Waals surface area contributed by atoms with Crippen LogP contribution in [0, 0.1) is 0 Å². The van der Waals surface area contributed by atoms with Crippen LogP contribution in [-0.2, 0) is 4.74 Å². The first kappa shape index (κ1) is 11.7. The standard InChI is InChI=1S/C11H22N2O/c1-3-11(2)12-5-4-6-13-7-9-14-10-8-13/h3,11-12H,1,4-10H2,2H3. The van der Waals surface area contributed by atoms with Crippen LogP contribution < -0.4 is 5.32 Å². The second kappa shape index (κ2) is 6.98. The molecule has 0 saturated carbocycles. The van der Waals surface area contributed by atoms with Crippen molar-refractivity contribution in [3.8, 4) is 0 Å². The fourth-order valence-corrected chi connectivity index (χ4v) is 1.54. The van der Waals surface area contributed by atoms with E-state index in [1.807, 2.05) is 6.08 Å². The molecule has 0 spiro atoms. The van der Waals surface area contributed by atoms with Gasteiger partial charge in [0.15, 0.2) is 0 Å². The van der Waals surface area contributed by atoms with Crippen molar-refractivity contribution < 1.29 is 4.74 Å². The molecule has 3 nitrogen and oxygen atoms in total. The number of ether oxygens (including phenoxy) is 1. The van der Waals surface area contributed by atoms with E-state index in [1.54, 1.807) is 0 Å². The predicted molar refractivity (Wildman–Crippen MR) is 59.5 cm³/mol. The van der Waals surface area contributed by atoms with E-state index in [0.717, 1.165) is 32.8 Å². The summed E-state index contributed by atoms with van der Waals surface area (Å²) in [4.78, 5) is 2.46. The van der Waals surface area contributed by atoms with E-state index in [-0.39, 0.29) is 0 Å². The zero-order chi connectivity index (χ0) is 10.2. The van der Waals surface area contributed by atoms with E-state index >= 15 is 0 Å². The SMILES string of the molecule is C=CC(C)NCCCN1CCOCC1. The third-order valence-electron chi connectivity index (χ3n) is 2.57. The Kier molecular flexibility index (Phi) is 5.83. The summed E-state index contributed by atoms with van der Waals surface area (Å²) in [5.41, 5.74) is 0. The van der Waals surface area contributed by atoms with E-state index in [9.17, 15) is 0 Å². The maximum atomic E-state index is 5.29. The largest absolute Gasteiger partial charge is 0.379 e. The highest BCUT2D eigenvalue weighted by Crippen LogP contribution is 1.97. The summed E-state index contributed by atoms with van der Waals surface area (Å²) in [6.45, 7) is 12.1. The summed E-state index contributed by atoms with van der Waals surface area (Å²) < 4.78 is 5.29. The second-order valence-corrected chi connectivity index (χ2v) is 3.79. The van der Waals surface area contributed by atoms with Crippen molar-refractivity contribution in [2.75, 3.05) is 39.4 Å². The first-order valence-corrected chi connectivity index (χ1v) is 5.49. The Morgan fingerprint density at radius 3 is 2.86 bits per heavy atom. The molecular formula is C11H22N2O. The van der Waals surface area contributed by atoms with Crippen molar-refractivity contribution in [1.29, 1.82) is 0 Å². The molecule has 0 bridgehead atoms. The molecule has 1 aliphatic heterocycles. The minimum atomic E-state index is 0.430. The molecule has 14 heavy (non-hydrogen) atoms. The monoisotopic (exact) mass is 198 g/mol. The van der Waals surface area contributed by atoms with Gasteiger partial charge in [0.1, 0.15) is 0 Å². The topological polar surface area (TPSA) is 24.5 Å². The Morgan fingerprint density at radius 2 is 2.21 bits per heavy atom. The van der Waals surface area contributed by atoms with Crippen LogP contribution in [0.3, 0.4) is 0 Å². The second-order valence-electron chi connectivity index (χ2n) is 3.79. The first-order valence-electron chi connectivity index (χ1n) is 5.49. The van der Waals surface area contributed by atoms with Crippen LogP contribution in [0.2, 0.25) is 0 Å². The molecule has 0 aromatic heterocycles. The van der Waals surface area contributed by atoms with Crippen LogP contribution >= 0.6 is 0 Å². The van der Waals surface area contributed by atoms with E-state index < -0.39 is 0 Å². The minimum absolute atomic E-state index is 0.430. The van der Waals surface area contributed by atoms with Gasteiger partial charge in [-0.1, -0.05) is 6.08 Å². The maximum Gasteiger partial charge on any atom is 0.0594 e. The highest BCUT2D eigenvalue weighted by atomic mass is 16.5. The average molecular weight is 198 g/mol. The lowest BCUT2D eigenvalue weighted by molar-refractivity contribution is 0.0374. The number of hydrogen-bond donors (Lipinski definition) is 1. The van der Waals surface area contributed by atoms with Gasteiger partial charge in [-0.2, -0.15) is 0 Å². The Bertz CT molecular complexity index is 155. The molecule has 82 valence electrons. The molecule has 1 fully saturated rings. The molecule has 0 aromatic carbocycles. The van der Waals surface area contributed by atoms with Crippen LogP contribution in [0.4, 0.5) is 0 Å². The van der Waals surface area contributed by atoms with Gasteiger partial charge >= 0.3 is 0 Å². The summed E-state index contributed by atoms with van der Waals surface area (Å²) in [7, 11) is 0. The minimum Gasteiger partial charge on any atom is -0.379 e. The van der Waals surface area contributed by atoms with Crippen molar-refractivity contribution in [2.24, 2.45) is 0 Å². The lowest BCUT2D eigenvalue weighted by Gasteiger charge is -2.26. The third-order valence-corrected chi connectivity index (χ3v) is 2.57. The lowest BCUT2D eigenvalue weighted by Crippen LogP contribution is -2.38. The van der Waals surface area contributed by atoms with Crippen molar-refractivity contribution >= 4 is 0 Å². The number of hydrogen-bond acceptors (Lipinski definition) is 3. The number of nitrogens with zero attached hydrogens (tertiary/aromatic N) is 1. The summed E-state index contributed by atoms with van der Waals surface area (Å²) in [6.07, 6.45) is 3.15. The van der Waals surface area contributed by atoms with Crippen molar-refractivity contribution in [3.05, 3.63) is 12.7 Å². The maximum absolute atomic E-state index is 5.29. The molecule has 1 atom stereocenters. The molecule has 3 heteroatoms. The van der Waals surface area contributed by atoms with Crippen LogP contribution in [0.25, 0.3) is 0 Å². The number of morpholine rings is 1. The zero-order valence-corrected chi connectivity index (χ0v) is 9.17. The van der Waals surface area contributed by atoms with E-state index in [2.05, 4.69) is 23.7 Å². The first-order chi connectivity index (χ1) is 6.83. The molecule has 1 unspecified atom stereocenters. The Morgan fingerprint density at radius 1 is 1.50 bits per heavy atom. The predicted octanol–water partition coefficient (Wildman–Crippen LogP) is 0.873. The van der Waals surface area contributed by atoms with Gasteiger partial charge < -0.3 is 10.1 Å². The Labute approximate surface area is 87.1 Å². The molecule has 1 saturated heterocycles. The fraction of sp³-hybridized carbons (Fsp3) is 0.818. The molecule has 1 rings (SSSR count). The van der Waals surface area contributed by atoms with Gasteiger partial charge in [-0.15, -0.1) is 6.58 Å². The average Bonchev–Trinajstić information content (AvgIpc) is 2.25. The van der Waals surface area contributed by atoms with E-state index in [1.165, 1.54) is 13.0 Å². The van der Waals surface area contributed by atoms with Crippen LogP contribution in [0.1, 0.15) is 13.3 Å². The third kappa shape index (κ3) is 4.74. The molecule has 0 amide bonds. The Balaban J connectivity index is 1.94. The zero-order valence-electron chi connectivity index (χ0n) is 9.17. The molecule has 0 radical (unpaired) electrons. The van der Waals surface area contributed by atoms with E-state index in [0.29, 0.717) is 6.04 Å². The molecular weight excluding hydrogens is 176 g/mol. The highest BCUT2D eigenvalue weighted by Gasteiger charge is 2.08.